The average molecular weight is 372 g/mol. The maximum atomic E-state index is 12.4. The van der Waals surface area contributed by atoms with Gasteiger partial charge in [0.15, 0.2) is 0 Å². The van der Waals surface area contributed by atoms with Crippen LogP contribution >= 0.6 is 23.2 Å². The van der Waals surface area contributed by atoms with Crippen molar-refractivity contribution in [3.05, 3.63) is 33.8 Å². The predicted molar refractivity (Wildman–Crippen MR) is 97.9 cm³/mol. The molecule has 0 unspecified atom stereocenters. The Bertz CT molecular complexity index is 599. The molecule has 0 radical (unpaired) electrons. The second-order valence-corrected chi connectivity index (χ2v) is 6.58. The maximum absolute atomic E-state index is 12.4. The number of rotatable bonds is 6. The van der Waals surface area contributed by atoms with Crippen LogP contribution in [-0.2, 0) is 9.63 Å². The first kappa shape index (κ1) is 19.0. The van der Waals surface area contributed by atoms with Crippen molar-refractivity contribution in [1.82, 2.24) is 9.80 Å². The number of hydrogen-bond acceptors (Lipinski definition) is 4. The van der Waals surface area contributed by atoms with Crippen LogP contribution < -0.4 is 0 Å². The minimum Gasteiger partial charge on any atom is -0.396 e. The van der Waals surface area contributed by atoms with Crippen molar-refractivity contribution < 1.29 is 9.63 Å². The van der Waals surface area contributed by atoms with Gasteiger partial charge in [-0.2, -0.15) is 0 Å². The summed E-state index contributed by atoms with van der Waals surface area (Å²) in [6, 6.07) is 5.32. The van der Waals surface area contributed by atoms with Crippen molar-refractivity contribution in [2.75, 3.05) is 39.8 Å². The molecule has 0 aliphatic carbocycles. The van der Waals surface area contributed by atoms with Gasteiger partial charge in [0, 0.05) is 44.6 Å². The maximum Gasteiger partial charge on any atom is 0.223 e. The number of carbonyl (C=O) groups excluding carboxylic acids is 1. The lowest BCUT2D eigenvalue weighted by atomic mass is 10.1. The zero-order valence-electron chi connectivity index (χ0n) is 14.1. The normalized spacial score (nSPS) is 16.3. The number of piperazine rings is 1. The van der Waals surface area contributed by atoms with E-state index in [9.17, 15) is 4.79 Å². The summed E-state index contributed by atoms with van der Waals surface area (Å²) in [7, 11) is 2.07. The summed E-state index contributed by atoms with van der Waals surface area (Å²) in [5.74, 6) is 0.146. The fraction of sp³-hybridized carbons (Fsp3) is 0.529. The monoisotopic (exact) mass is 371 g/mol. The van der Waals surface area contributed by atoms with Crippen LogP contribution in [0.5, 0.6) is 0 Å². The van der Waals surface area contributed by atoms with E-state index >= 15 is 0 Å². The third-order valence-electron chi connectivity index (χ3n) is 3.99. The number of halogens is 2. The molecule has 0 N–H and O–H groups in total. The summed E-state index contributed by atoms with van der Waals surface area (Å²) < 4.78 is 0. The van der Waals surface area contributed by atoms with Crippen molar-refractivity contribution in [3.8, 4) is 0 Å². The molecule has 1 aliphatic heterocycles. The molecule has 1 heterocycles. The molecule has 1 aromatic rings. The van der Waals surface area contributed by atoms with Gasteiger partial charge in [0.2, 0.25) is 5.91 Å². The van der Waals surface area contributed by atoms with Crippen molar-refractivity contribution in [2.45, 2.75) is 19.8 Å². The summed E-state index contributed by atoms with van der Waals surface area (Å²) in [5, 5.41) is 5.10. The molecule has 0 spiro atoms. The van der Waals surface area contributed by atoms with Gasteiger partial charge in [-0.05, 0) is 26.1 Å². The first-order chi connectivity index (χ1) is 11.5. The van der Waals surface area contributed by atoms with Gasteiger partial charge in [-0.25, -0.2) is 0 Å². The lowest BCUT2D eigenvalue weighted by molar-refractivity contribution is -0.132. The van der Waals surface area contributed by atoms with Crippen LogP contribution in [0.2, 0.25) is 10.0 Å². The Kier molecular flexibility index (Phi) is 7.34. The van der Waals surface area contributed by atoms with Crippen molar-refractivity contribution in [1.29, 1.82) is 0 Å². The Morgan fingerprint density at radius 1 is 1.17 bits per heavy atom. The standard InChI is InChI=1S/C17H23Cl2N3O2/c1-3-24-20-16(13-4-5-14(18)15(19)12-13)6-7-17(23)22-10-8-21(2)9-11-22/h4-5,12H,3,6-11H2,1-2H3/b20-16+. The highest BCUT2D eigenvalue weighted by molar-refractivity contribution is 6.42. The lowest BCUT2D eigenvalue weighted by Crippen LogP contribution is -2.47. The fourth-order valence-electron chi connectivity index (χ4n) is 2.50. The van der Waals surface area contributed by atoms with Crippen LogP contribution in [-0.4, -0.2) is 61.3 Å². The molecular formula is C17H23Cl2N3O2. The quantitative estimate of drug-likeness (QED) is 0.569. The average Bonchev–Trinajstić information content (AvgIpc) is 2.58. The first-order valence-electron chi connectivity index (χ1n) is 8.11. The SMILES string of the molecule is CCO/N=C(\CCC(=O)N1CCN(C)CC1)c1ccc(Cl)c(Cl)c1. The fourth-order valence-corrected chi connectivity index (χ4v) is 2.80. The van der Waals surface area contributed by atoms with E-state index in [4.69, 9.17) is 28.0 Å². The van der Waals surface area contributed by atoms with Gasteiger partial charge in [0.1, 0.15) is 6.61 Å². The minimum atomic E-state index is 0.146. The second kappa shape index (κ2) is 9.25. The number of oxime groups is 1. The molecule has 24 heavy (non-hydrogen) atoms. The van der Waals surface area contributed by atoms with Crippen LogP contribution in [0.3, 0.4) is 0 Å². The second-order valence-electron chi connectivity index (χ2n) is 5.77. The van der Waals surface area contributed by atoms with Crippen LogP contribution in [0.4, 0.5) is 0 Å². The molecule has 5 nitrogen and oxygen atoms in total. The molecule has 0 saturated carbocycles. The zero-order valence-corrected chi connectivity index (χ0v) is 15.6. The Balaban J connectivity index is 2.01. The zero-order chi connectivity index (χ0) is 17.5. The molecular weight excluding hydrogens is 349 g/mol. The smallest absolute Gasteiger partial charge is 0.223 e. The summed E-state index contributed by atoms with van der Waals surface area (Å²) in [6.45, 7) is 5.72. The molecule has 132 valence electrons. The molecule has 0 aromatic heterocycles. The number of hydrogen-bond donors (Lipinski definition) is 0. The summed E-state index contributed by atoms with van der Waals surface area (Å²) in [6.07, 6.45) is 0.902. The Hall–Kier alpha value is -1.30. The third-order valence-corrected chi connectivity index (χ3v) is 4.73. The van der Waals surface area contributed by atoms with Gasteiger partial charge in [-0.15, -0.1) is 0 Å². The molecule has 2 rings (SSSR count). The highest BCUT2D eigenvalue weighted by atomic mass is 35.5. The Morgan fingerprint density at radius 3 is 2.50 bits per heavy atom. The van der Waals surface area contributed by atoms with Crippen molar-refractivity contribution >= 4 is 34.8 Å². The highest BCUT2D eigenvalue weighted by Crippen LogP contribution is 2.24. The number of amides is 1. The number of likely N-dealkylation sites (N-methyl/N-ethyl adjacent to an activating group) is 1. The van der Waals surface area contributed by atoms with E-state index in [0.29, 0.717) is 35.2 Å². The Labute approximate surface area is 153 Å². The van der Waals surface area contributed by atoms with Gasteiger partial charge in [-0.1, -0.05) is 34.4 Å². The summed E-state index contributed by atoms with van der Waals surface area (Å²) >= 11 is 12.0. The Morgan fingerprint density at radius 2 is 1.88 bits per heavy atom. The summed E-state index contributed by atoms with van der Waals surface area (Å²) in [4.78, 5) is 21.7. The predicted octanol–water partition coefficient (Wildman–Crippen LogP) is 3.29. The van der Waals surface area contributed by atoms with E-state index in [2.05, 4.69) is 17.1 Å². The van der Waals surface area contributed by atoms with Crippen molar-refractivity contribution in [3.63, 3.8) is 0 Å². The highest BCUT2D eigenvalue weighted by Gasteiger charge is 2.19. The van der Waals surface area contributed by atoms with E-state index < -0.39 is 0 Å². The van der Waals surface area contributed by atoms with Crippen LogP contribution in [0.15, 0.2) is 23.4 Å². The summed E-state index contributed by atoms with van der Waals surface area (Å²) in [5.41, 5.74) is 1.53. The van der Waals surface area contributed by atoms with Crippen LogP contribution in [0.25, 0.3) is 0 Å². The minimum absolute atomic E-state index is 0.146. The van der Waals surface area contributed by atoms with Gasteiger partial charge < -0.3 is 14.6 Å². The largest absolute Gasteiger partial charge is 0.396 e. The van der Waals surface area contributed by atoms with Gasteiger partial charge in [0.25, 0.3) is 0 Å². The van der Waals surface area contributed by atoms with E-state index in [1.54, 1.807) is 12.1 Å². The topological polar surface area (TPSA) is 45.1 Å². The molecule has 1 amide bonds. The number of carbonyl (C=O) groups is 1. The van der Waals surface area contributed by atoms with Gasteiger partial charge >= 0.3 is 0 Å². The molecule has 7 heteroatoms. The number of benzene rings is 1. The van der Waals surface area contributed by atoms with Crippen LogP contribution in [0.1, 0.15) is 25.3 Å². The molecule has 0 atom stereocenters. The van der Waals surface area contributed by atoms with E-state index in [1.807, 2.05) is 17.9 Å². The van der Waals surface area contributed by atoms with Crippen LogP contribution in [0, 0.1) is 0 Å². The molecule has 1 fully saturated rings. The van der Waals surface area contributed by atoms with E-state index in [0.717, 1.165) is 31.7 Å². The van der Waals surface area contributed by atoms with E-state index in [-0.39, 0.29) is 5.91 Å². The molecule has 0 bridgehead atoms. The first-order valence-corrected chi connectivity index (χ1v) is 8.87. The number of nitrogens with zero attached hydrogens (tertiary/aromatic N) is 3. The lowest BCUT2D eigenvalue weighted by Gasteiger charge is -2.32. The molecule has 1 saturated heterocycles. The molecule has 1 aromatic carbocycles. The van der Waals surface area contributed by atoms with Gasteiger partial charge in [-0.3, -0.25) is 4.79 Å². The third kappa shape index (κ3) is 5.36. The molecule has 1 aliphatic rings. The van der Waals surface area contributed by atoms with E-state index in [1.165, 1.54) is 0 Å². The van der Waals surface area contributed by atoms with Crippen molar-refractivity contribution in [2.24, 2.45) is 5.16 Å². The van der Waals surface area contributed by atoms with Gasteiger partial charge in [0.05, 0.1) is 15.8 Å².